The van der Waals surface area contributed by atoms with Crippen molar-refractivity contribution in [3.05, 3.63) is 158 Å². The van der Waals surface area contributed by atoms with Crippen LogP contribution in [0.2, 0.25) is 0 Å². The van der Waals surface area contributed by atoms with Gasteiger partial charge in [-0.25, -0.2) is 19.0 Å². The number of aliphatic hydroxyl groups is 1. The second kappa shape index (κ2) is 20.3. The molecule has 0 atom stereocenters. The third-order valence-corrected chi connectivity index (χ3v) is 10.5. The summed E-state index contributed by atoms with van der Waals surface area (Å²) < 4.78 is 2.22. The molecule has 0 unspecified atom stereocenters. The van der Waals surface area contributed by atoms with Crippen molar-refractivity contribution >= 4 is 115 Å². The lowest BCUT2D eigenvalue weighted by molar-refractivity contribution is 0.276. The third kappa shape index (κ3) is 11.2. The zero-order chi connectivity index (χ0) is 39.4. The smallest absolute Gasteiger partial charge is 0.275 e. The van der Waals surface area contributed by atoms with Crippen LogP contribution < -0.4 is 27.0 Å². The summed E-state index contributed by atoms with van der Waals surface area (Å²) in [5.74, 6) is 0. The lowest BCUT2D eigenvalue weighted by Crippen LogP contribution is -2.20. The molecule has 7 rings (SSSR count). The van der Waals surface area contributed by atoms with Crippen LogP contribution in [0.4, 0.5) is 0 Å². The summed E-state index contributed by atoms with van der Waals surface area (Å²) in [6.45, 7) is 2.99. The van der Waals surface area contributed by atoms with Crippen molar-refractivity contribution in [1.82, 2.24) is 29.2 Å². The Bertz CT molecular complexity index is 2310. The van der Waals surface area contributed by atoms with Gasteiger partial charge in [0.2, 0.25) is 0 Å². The largest absolute Gasteiger partial charge is 0.390 e. The third-order valence-electron chi connectivity index (χ3n) is 7.54. The van der Waals surface area contributed by atoms with E-state index in [0.29, 0.717) is 39.1 Å². The molecule has 0 spiro atoms. The van der Waals surface area contributed by atoms with E-state index < -0.39 is 7.92 Å². The number of H-pyrrole nitrogens is 2. The summed E-state index contributed by atoms with van der Waals surface area (Å²) in [7, 11) is -0.446. The fourth-order valence-corrected chi connectivity index (χ4v) is 7.76. The highest BCUT2D eigenvalue weighted by Crippen LogP contribution is 2.39. The predicted octanol–water partition coefficient (Wildman–Crippen LogP) is 7.41. The molecular weight excluding hydrogens is 1030 g/mol. The van der Waals surface area contributed by atoms with Crippen LogP contribution in [0.15, 0.2) is 113 Å². The Morgan fingerprint density at radius 1 is 0.685 bits per heavy atom. The lowest BCUT2D eigenvalue weighted by atomic mass is 10.2. The number of halogens is 5. The van der Waals surface area contributed by atoms with Crippen LogP contribution in [-0.4, -0.2) is 35.4 Å². The molecule has 0 fully saturated rings. The van der Waals surface area contributed by atoms with E-state index in [0.717, 1.165) is 0 Å². The van der Waals surface area contributed by atoms with Crippen molar-refractivity contribution in [3.8, 4) is 12.1 Å². The fraction of sp³-hybridized carbons (Fsp3) is 0.135. The first-order valence-electron chi connectivity index (χ1n) is 15.7. The van der Waals surface area contributed by atoms with Gasteiger partial charge in [-0.1, -0.05) is 107 Å². The molecule has 0 aliphatic rings. The SMILES string of the molecule is BrC(Br)(Br)Br.Cc1c(CBr)nc2c(C#N)c[nH]n2c1=O.Cc1c(CO)nc2c(C#N)c[nH]n2c1=O.c1ccc(P(c2ccccc2)c2ccccc2)cc1. The summed E-state index contributed by atoms with van der Waals surface area (Å²) in [5.41, 5.74) is 2.72. The first-order chi connectivity index (χ1) is 25.8. The van der Waals surface area contributed by atoms with E-state index in [1.807, 2.05) is 12.1 Å². The van der Waals surface area contributed by atoms with E-state index in [-0.39, 0.29) is 30.0 Å². The number of nitriles is 2. The van der Waals surface area contributed by atoms with E-state index in [4.69, 9.17) is 15.6 Å². The zero-order valence-electron chi connectivity index (χ0n) is 28.5. The van der Waals surface area contributed by atoms with Crippen LogP contribution in [-0.2, 0) is 11.9 Å². The predicted molar refractivity (Wildman–Crippen MR) is 233 cm³/mol. The zero-order valence-corrected chi connectivity index (χ0v) is 37.3. The molecule has 7 aromatic rings. The van der Waals surface area contributed by atoms with Crippen molar-refractivity contribution in [3.63, 3.8) is 0 Å². The second-order valence-corrected chi connectivity index (χ2v) is 24.9. The number of benzene rings is 3. The van der Waals surface area contributed by atoms with Crippen LogP contribution in [0, 0.1) is 36.5 Å². The summed E-state index contributed by atoms with van der Waals surface area (Å²) >= 11 is 15.8. The van der Waals surface area contributed by atoms with E-state index in [9.17, 15) is 9.59 Å². The maximum Gasteiger partial charge on any atom is 0.275 e. The van der Waals surface area contributed by atoms with Gasteiger partial charge in [-0.3, -0.25) is 19.8 Å². The number of alkyl halides is 5. The first-order valence-corrected chi connectivity index (χ1v) is 21.3. The molecular formula is C37H30Br5N8O3P. The van der Waals surface area contributed by atoms with Crippen molar-refractivity contribution in [2.45, 2.75) is 26.8 Å². The summed E-state index contributed by atoms with van der Waals surface area (Å²) in [6.07, 6.45) is 2.88. The fourth-order valence-electron chi connectivity index (χ4n) is 4.91. The number of rotatable bonds is 5. The van der Waals surface area contributed by atoms with E-state index >= 15 is 0 Å². The van der Waals surface area contributed by atoms with Gasteiger partial charge in [-0.15, -0.1) is 0 Å². The molecule has 0 aliphatic carbocycles. The minimum absolute atomic E-state index is 0.170. The number of fused-ring (bicyclic) bond motifs is 2. The molecule has 0 bridgehead atoms. The van der Waals surface area contributed by atoms with Crippen LogP contribution in [0.5, 0.6) is 0 Å². The highest BCUT2D eigenvalue weighted by molar-refractivity contribution is 9.52. The molecule has 0 radical (unpaired) electrons. The van der Waals surface area contributed by atoms with Crippen LogP contribution in [0.25, 0.3) is 11.3 Å². The number of nitrogens with zero attached hydrogens (tertiary/aromatic N) is 6. The molecule has 4 aromatic heterocycles. The van der Waals surface area contributed by atoms with Gasteiger partial charge in [0.1, 0.15) is 23.3 Å². The molecule has 3 aromatic carbocycles. The standard InChI is InChI=1S/C18H15P.C9H7BrN4O.C9H8N4O2.CBr4/c1-4-10-16(11-5-1)19(17-12-6-2-7-13-17)18-14-8-3-9-15-18;1-5-7(2-10)13-8-6(3-11)4-12-14(8)9(5)15;1-5-7(4-14)12-8-6(2-10)3-11-13(8)9(5)15;2-1(3,4)5/h1-15H;4,12H,2H2,1H3;3,11,14H,4H2,1H3;. The van der Waals surface area contributed by atoms with Crippen LogP contribution in [0.1, 0.15) is 33.6 Å². The minimum atomic E-state index is -0.446. The summed E-state index contributed by atoms with van der Waals surface area (Å²) in [6, 6.07) is 36.2. The van der Waals surface area contributed by atoms with E-state index in [1.165, 1.54) is 37.3 Å². The average molecular weight is 1070 g/mol. The molecule has 3 N–H and O–H groups in total. The molecule has 0 saturated carbocycles. The molecule has 17 heteroatoms. The Morgan fingerprint density at radius 3 is 1.33 bits per heavy atom. The Hall–Kier alpha value is -3.73. The van der Waals surface area contributed by atoms with Gasteiger partial charge < -0.3 is 5.11 Å². The van der Waals surface area contributed by atoms with Crippen LogP contribution in [0.3, 0.4) is 0 Å². The van der Waals surface area contributed by atoms with Crippen molar-refractivity contribution < 1.29 is 5.11 Å². The van der Waals surface area contributed by atoms with Gasteiger partial charge in [0.25, 0.3) is 11.1 Å². The van der Waals surface area contributed by atoms with Gasteiger partial charge in [0.05, 0.1) is 18.0 Å². The summed E-state index contributed by atoms with van der Waals surface area (Å²) in [4.78, 5) is 31.8. The molecule has 4 heterocycles. The van der Waals surface area contributed by atoms with Gasteiger partial charge in [-0.2, -0.15) is 10.5 Å². The van der Waals surface area contributed by atoms with Crippen LogP contribution >= 0.6 is 87.6 Å². The monoisotopic (exact) mass is 1060 g/mol. The number of aromatic nitrogens is 6. The normalized spacial score (nSPS) is 10.6. The van der Waals surface area contributed by atoms with Gasteiger partial charge >= 0.3 is 0 Å². The van der Waals surface area contributed by atoms with E-state index in [2.05, 4.69) is 191 Å². The maximum atomic E-state index is 11.8. The maximum absolute atomic E-state index is 11.8. The highest BCUT2D eigenvalue weighted by atomic mass is 80.0. The number of hydrogen-bond donors (Lipinski definition) is 3. The number of aliphatic hydroxyl groups excluding tert-OH is 1. The molecule has 0 saturated heterocycles. The van der Waals surface area contributed by atoms with Crippen molar-refractivity contribution in [2.75, 3.05) is 0 Å². The Kier molecular flexibility index (Phi) is 16.1. The van der Waals surface area contributed by atoms with Crippen molar-refractivity contribution in [2.24, 2.45) is 0 Å². The van der Waals surface area contributed by atoms with Gasteiger partial charge in [0.15, 0.2) is 12.3 Å². The molecule has 54 heavy (non-hydrogen) atoms. The van der Waals surface area contributed by atoms with Crippen molar-refractivity contribution in [1.29, 1.82) is 10.5 Å². The number of hydrogen-bond acceptors (Lipinski definition) is 7. The van der Waals surface area contributed by atoms with Gasteiger partial charge in [0, 0.05) is 28.9 Å². The molecule has 0 aliphatic heterocycles. The molecule has 11 nitrogen and oxygen atoms in total. The first kappa shape index (κ1) is 43.0. The summed E-state index contributed by atoms with van der Waals surface area (Å²) in [5, 5.41) is 36.6. The van der Waals surface area contributed by atoms with E-state index in [1.54, 1.807) is 13.8 Å². The minimum Gasteiger partial charge on any atom is -0.390 e. The topological polar surface area (TPSA) is 168 Å². The highest BCUT2D eigenvalue weighted by Gasteiger charge is 2.16. The Balaban J connectivity index is 0.000000171. The Morgan fingerprint density at radius 2 is 1.02 bits per heavy atom. The molecule has 0 amide bonds. The quantitative estimate of drug-likeness (QED) is 0.119. The lowest BCUT2D eigenvalue weighted by Gasteiger charge is -2.18. The Labute approximate surface area is 353 Å². The number of aromatic amines is 2. The second-order valence-electron chi connectivity index (χ2n) is 11.0. The number of nitrogens with one attached hydrogen (secondary N) is 2. The molecule has 276 valence electrons. The average Bonchev–Trinajstić information content (AvgIpc) is 3.80. The van der Waals surface area contributed by atoms with Gasteiger partial charge in [-0.05, 0) is 101 Å².